The smallest absolute Gasteiger partial charge is 0.406 e. The number of amides is 1. The van der Waals surface area contributed by atoms with Crippen molar-refractivity contribution in [2.24, 2.45) is 4.99 Å². The molecule has 0 aliphatic carbocycles. The molecule has 0 unspecified atom stereocenters. The lowest BCUT2D eigenvalue weighted by Gasteiger charge is -2.20. The van der Waals surface area contributed by atoms with E-state index in [9.17, 15) is 18.0 Å². The first kappa shape index (κ1) is 24.3. The number of aryl methyl sites for hydroxylation is 1. The van der Waals surface area contributed by atoms with E-state index in [1.807, 2.05) is 31.2 Å². The third-order valence-corrected chi connectivity index (χ3v) is 3.16. The van der Waals surface area contributed by atoms with E-state index in [1.54, 1.807) is 0 Å². The number of alkyl halides is 3. The lowest BCUT2D eigenvalue weighted by molar-refractivity contribution is -0.157. The number of hydrogen-bond donors (Lipinski definition) is 2. The molecule has 148 valence electrons. The van der Waals surface area contributed by atoms with Gasteiger partial charge in [0.1, 0.15) is 18.9 Å². The monoisotopic (exact) mass is 488 g/mol. The van der Waals surface area contributed by atoms with Crippen LogP contribution in [-0.4, -0.2) is 63.3 Å². The van der Waals surface area contributed by atoms with Crippen molar-refractivity contribution in [2.45, 2.75) is 13.1 Å². The Kier molecular flexibility index (Phi) is 11.0. The molecule has 0 fully saturated rings. The summed E-state index contributed by atoms with van der Waals surface area (Å²) >= 11 is 0. The van der Waals surface area contributed by atoms with Gasteiger partial charge >= 0.3 is 6.18 Å². The first-order chi connectivity index (χ1) is 11.7. The van der Waals surface area contributed by atoms with Crippen molar-refractivity contribution >= 4 is 35.8 Å². The molecule has 0 atom stereocenters. The van der Waals surface area contributed by atoms with Crippen LogP contribution in [0.15, 0.2) is 29.3 Å². The minimum absolute atomic E-state index is 0. The van der Waals surface area contributed by atoms with E-state index in [-0.39, 0.29) is 30.5 Å². The van der Waals surface area contributed by atoms with E-state index in [0.717, 1.165) is 18.4 Å². The van der Waals surface area contributed by atoms with E-state index in [4.69, 9.17) is 4.74 Å². The van der Waals surface area contributed by atoms with E-state index in [1.165, 1.54) is 7.05 Å². The van der Waals surface area contributed by atoms with E-state index in [2.05, 4.69) is 15.6 Å². The molecule has 1 aromatic carbocycles. The summed E-state index contributed by atoms with van der Waals surface area (Å²) in [5, 5.41) is 5.58. The Bertz CT molecular complexity index is 580. The first-order valence-electron chi connectivity index (χ1n) is 7.66. The zero-order chi connectivity index (χ0) is 18.9. The number of halogens is 4. The minimum Gasteiger partial charge on any atom is -0.492 e. The SMILES string of the molecule is CN=C(NCCOc1ccc(C)cc1)NCC(=O)N(C)CC(F)(F)F.I. The molecule has 6 nitrogen and oxygen atoms in total. The van der Waals surface area contributed by atoms with Gasteiger partial charge in [-0.1, -0.05) is 17.7 Å². The summed E-state index contributed by atoms with van der Waals surface area (Å²) in [6.07, 6.45) is -4.42. The molecule has 0 spiro atoms. The Morgan fingerprint density at radius 3 is 2.38 bits per heavy atom. The Balaban J connectivity index is 0.00000625. The summed E-state index contributed by atoms with van der Waals surface area (Å²) in [5.74, 6) is 0.358. The fourth-order valence-electron chi connectivity index (χ4n) is 1.84. The van der Waals surface area contributed by atoms with Gasteiger partial charge in [-0.05, 0) is 19.1 Å². The molecule has 0 aliphatic rings. The van der Waals surface area contributed by atoms with E-state index < -0.39 is 18.6 Å². The van der Waals surface area contributed by atoms with Crippen molar-refractivity contribution in [3.63, 3.8) is 0 Å². The molecule has 1 rings (SSSR count). The van der Waals surface area contributed by atoms with Crippen LogP contribution in [0.25, 0.3) is 0 Å². The summed E-state index contributed by atoms with van der Waals surface area (Å²) < 4.78 is 42.2. The number of aliphatic imine (C=N–C) groups is 1. The molecule has 26 heavy (non-hydrogen) atoms. The quantitative estimate of drug-likeness (QED) is 0.268. The topological polar surface area (TPSA) is 66.0 Å². The van der Waals surface area contributed by atoms with Crippen molar-refractivity contribution in [3.8, 4) is 5.75 Å². The second-order valence-electron chi connectivity index (χ2n) is 5.38. The van der Waals surface area contributed by atoms with Gasteiger partial charge in [0.25, 0.3) is 0 Å². The summed E-state index contributed by atoms with van der Waals surface area (Å²) in [6, 6.07) is 7.59. The second kappa shape index (κ2) is 11.8. The van der Waals surface area contributed by atoms with Crippen molar-refractivity contribution in [3.05, 3.63) is 29.8 Å². The zero-order valence-electron chi connectivity index (χ0n) is 14.9. The van der Waals surface area contributed by atoms with Crippen LogP contribution in [-0.2, 0) is 4.79 Å². The fraction of sp³-hybridized carbons (Fsp3) is 0.500. The van der Waals surface area contributed by atoms with Crippen molar-refractivity contribution in [1.82, 2.24) is 15.5 Å². The number of carbonyl (C=O) groups is 1. The maximum Gasteiger partial charge on any atom is 0.406 e. The Labute approximate surface area is 168 Å². The molecule has 0 aromatic heterocycles. The van der Waals surface area contributed by atoms with Gasteiger partial charge in [0.05, 0.1) is 13.1 Å². The van der Waals surface area contributed by atoms with Crippen molar-refractivity contribution in [1.29, 1.82) is 0 Å². The molecule has 0 saturated carbocycles. The second-order valence-corrected chi connectivity index (χ2v) is 5.38. The summed E-state index contributed by atoms with van der Waals surface area (Å²) in [4.78, 5) is 16.1. The fourth-order valence-corrected chi connectivity index (χ4v) is 1.84. The number of likely N-dealkylation sites (N-methyl/N-ethyl adjacent to an activating group) is 1. The molecule has 2 N–H and O–H groups in total. The number of carbonyl (C=O) groups excluding carboxylic acids is 1. The van der Waals surface area contributed by atoms with Crippen molar-refractivity contribution < 1.29 is 22.7 Å². The number of benzene rings is 1. The summed E-state index contributed by atoms with van der Waals surface area (Å²) in [6.45, 7) is 1.19. The van der Waals surface area contributed by atoms with E-state index in [0.29, 0.717) is 24.0 Å². The maximum atomic E-state index is 12.2. The highest BCUT2D eigenvalue weighted by molar-refractivity contribution is 14.0. The van der Waals surface area contributed by atoms with Gasteiger partial charge in [0.15, 0.2) is 5.96 Å². The van der Waals surface area contributed by atoms with Crippen LogP contribution in [0.3, 0.4) is 0 Å². The maximum absolute atomic E-state index is 12.2. The van der Waals surface area contributed by atoms with E-state index >= 15 is 0 Å². The van der Waals surface area contributed by atoms with Crippen LogP contribution in [0.5, 0.6) is 5.75 Å². The third kappa shape index (κ3) is 10.3. The van der Waals surface area contributed by atoms with Crippen LogP contribution in [0, 0.1) is 6.92 Å². The molecule has 0 radical (unpaired) electrons. The number of hydrogen-bond acceptors (Lipinski definition) is 3. The molecular weight excluding hydrogens is 464 g/mol. The molecule has 10 heteroatoms. The predicted molar refractivity (Wildman–Crippen MR) is 105 cm³/mol. The van der Waals surface area contributed by atoms with Gasteiger partial charge < -0.3 is 20.3 Å². The number of ether oxygens (including phenoxy) is 1. The largest absolute Gasteiger partial charge is 0.492 e. The molecule has 0 bridgehead atoms. The number of guanidine groups is 1. The number of nitrogens with one attached hydrogen (secondary N) is 2. The molecule has 1 aromatic rings. The summed E-state index contributed by atoms with van der Waals surface area (Å²) in [5.41, 5.74) is 1.13. The van der Waals surface area contributed by atoms with Gasteiger partial charge in [-0.15, -0.1) is 24.0 Å². The Hall–Kier alpha value is -1.72. The van der Waals surface area contributed by atoms with Gasteiger partial charge in [0, 0.05) is 14.1 Å². The average Bonchev–Trinajstić information content (AvgIpc) is 2.54. The molecule has 0 aliphatic heterocycles. The van der Waals surface area contributed by atoms with Crippen LogP contribution >= 0.6 is 24.0 Å². The highest BCUT2D eigenvalue weighted by Gasteiger charge is 2.31. The highest BCUT2D eigenvalue weighted by Crippen LogP contribution is 2.15. The summed E-state index contributed by atoms with van der Waals surface area (Å²) in [7, 11) is 2.60. The van der Waals surface area contributed by atoms with Crippen LogP contribution < -0.4 is 15.4 Å². The molecular formula is C16H24F3IN4O2. The minimum atomic E-state index is -4.42. The standard InChI is InChI=1S/C16H23F3N4O2.HI/c1-12-4-6-13(7-5-12)25-9-8-21-15(20-2)22-10-14(24)23(3)11-16(17,18)19;/h4-7H,8-11H2,1-3H3,(H2,20,21,22);1H. The molecule has 1 amide bonds. The van der Waals surface area contributed by atoms with Crippen LogP contribution in [0.4, 0.5) is 13.2 Å². The number of rotatable bonds is 7. The Morgan fingerprint density at radius 1 is 1.23 bits per heavy atom. The Morgan fingerprint density at radius 2 is 1.85 bits per heavy atom. The van der Waals surface area contributed by atoms with Crippen LogP contribution in [0.2, 0.25) is 0 Å². The normalized spacial score (nSPS) is 11.4. The predicted octanol–water partition coefficient (Wildman–Crippen LogP) is 2.18. The van der Waals surface area contributed by atoms with Crippen molar-refractivity contribution in [2.75, 3.05) is 40.3 Å². The van der Waals surface area contributed by atoms with Gasteiger partial charge in [-0.3, -0.25) is 9.79 Å². The molecule has 0 heterocycles. The third-order valence-electron chi connectivity index (χ3n) is 3.16. The zero-order valence-corrected chi connectivity index (χ0v) is 17.2. The molecule has 0 saturated heterocycles. The van der Waals surface area contributed by atoms with Gasteiger partial charge in [0.2, 0.25) is 5.91 Å². The number of nitrogens with zero attached hydrogens (tertiary/aromatic N) is 2. The average molecular weight is 488 g/mol. The van der Waals surface area contributed by atoms with Gasteiger partial charge in [-0.25, -0.2) is 0 Å². The lowest BCUT2D eigenvalue weighted by atomic mass is 10.2. The van der Waals surface area contributed by atoms with Crippen LogP contribution in [0.1, 0.15) is 5.56 Å². The first-order valence-corrected chi connectivity index (χ1v) is 7.66. The lowest BCUT2D eigenvalue weighted by Crippen LogP contribution is -2.46. The van der Waals surface area contributed by atoms with Gasteiger partial charge in [-0.2, -0.15) is 13.2 Å². The highest BCUT2D eigenvalue weighted by atomic mass is 127.